The molecule has 26 heavy (non-hydrogen) atoms. The molecule has 1 heterocycles. The first-order chi connectivity index (χ1) is 12.6. The Balaban J connectivity index is 1.84. The van der Waals surface area contributed by atoms with Crippen molar-refractivity contribution in [3.63, 3.8) is 0 Å². The lowest BCUT2D eigenvalue weighted by atomic mass is 10.1. The van der Waals surface area contributed by atoms with Gasteiger partial charge in [-0.25, -0.2) is 4.68 Å². The topological polar surface area (TPSA) is 80.5 Å². The molecule has 7 heteroatoms. The van der Waals surface area contributed by atoms with E-state index in [-0.39, 0.29) is 11.9 Å². The van der Waals surface area contributed by atoms with Gasteiger partial charge < -0.3 is 15.4 Å². The number of nitrogens with zero attached hydrogens (tertiary/aromatic N) is 3. The van der Waals surface area contributed by atoms with Crippen LogP contribution in [0.4, 0.5) is 0 Å². The number of hydrogen-bond acceptors (Lipinski definition) is 4. The molecule has 1 atom stereocenters. The van der Waals surface area contributed by atoms with Gasteiger partial charge in [-0.1, -0.05) is 19.1 Å². The standard InChI is InChI=1S/C19H27N5O2/c1-4-20-19(22-14-15(2)18(25)26-3)21-12-10-16-6-8-17(9-7-16)24-13-5-11-23-24/h5-9,11,13,15H,4,10,12,14H2,1-3H3,(H2,20,21,22). The van der Waals surface area contributed by atoms with Crippen LogP contribution in [-0.2, 0) is 16.0 Å². The highest BCUT2D eigenvalue weighted by molar-refractivity contribution is 5.80. The molecular weight excluding hydrogens is 330 g/mol. The van der Waals surface area contributed by atoms with Crippen molar-refractivity contribution in [3.8, 4) is 5.69 Å². The number of carbonyl (C=O) groups is 1. The summed E-state index contributed by atoms with van der Waals surface area (Å²) in [7, 11) is 1.39. The largest absolute Gasteiger partial charge is 0.469 e. The fourth-order valence-electron chi connectivity index (χ4n) is 2.41. The van der Waals surface area contributed by atoms with Gasteiger partial charge in [0.2, 0.25) is 0 Å². The number of benzene rings is 1. The highest BCUT2D eigenvalue weighted by atomic mass is 16.5. The molecule has 0 saturated heterocycles. The minimum absolute atomic E-state index is 0.248. The quantitative estimate of drug-likeness (QED) is 0.428. The molecule has 140 valence electrons. The first kappa shape index (κ1) is 19.5. The first-order valence-electron chi connectivity index (χ1n) is 8.83. The van der Waals surface area contributed by atoms with Crippen LogP contribution < -0.4 is 10.6 Å². The van der Waals surface area contributed by atoms with E-state index in [1.807, 2.05) is 23.9 Å². The van der Waals surface area contributed by atoms with Crippen LogP contribution in [0.5, 0.6) is 0 Å². The van der Waals surface area contributed by atoms with Crippen molar-refractivity contribution in [1.82, 2.24) is 20.4 Å². The van der Waals surface area contributed by atoms with Crippen LogP contribution >= 0.6 is 0 Å². The number of aromatic nitrogens is 2. The van der Waals surface area contributed by atoms with Crippen molar-refractivity contribution in [2.75, 3.05) is 26.7 Å². The average molecular weight is 357 g/mol. The van der Waals surface area contributed by atoms with Crippen LogP contribution in [0.15, 0.2) is 47.7 Å². The van der Waals surface area contributed by atoms with E-state index in [2.05, 4.69) is 45.0 Å². The predicted molar refractivity (Wildman–Crippen MR) is 102 cm³/mol. The monoisotopic (exact) mass is 357 g/mol. The van der Waals surface area contributed by atoms with E-state index >= 15 is 0 Å². The first-order valence-corrected chi connectivity index (χ1v) is 8.83. The van der Waals surface area contributed by atoms with Gasteiger partial charge in [0, 0.05) is 25.5 Å². The maximum absolute atomic E-state index is 11.5. The van der Waals surface area contributed by atoms with E-state index in [1.54, 1.807) is 13.1 Å². The van der Waals surface area contributed by atoms with Crippen LogP contribution in [0.3, 0.4) is 0 Å². The molecule has 0 aliphatic carbocycles. The molecule has 0 amide bonds. The second kappa shape index (κ2) is 10.2. The van der Waals surface area contributed by atoms with Gasteiger partial charge >= 0.3 is 5.97 Å². The zero-order chi connectivity index (χ0) is 18.8. The molecule has 0 bridgehead atoms. The Hall–Kier alpha value is -2.83. The smallest absolute Gasteiger partial charge is 0.310 e. The Morgan fingerprint density at radius 1 is 1.31 bits per heavy atom. The molecular formula is C19H27N5O2. The van der Waals surface area contributed by atoms with Crippen molar-refractivity contribution in [3.05, 3.63) is 48.3 Å². The number of aliphatic imine (C=N–C) groups is 1. The molecule has 0 radical (unpaired) electrons. The Morgan fingerprint density at radius 3 is 2.69 bits per heavy atom. The van der Waals surface area contributed by atoms with Crippen molar-refractivity contribution in [2.45, 2.75) is 20.3 Å². The summed E-state index contributed by atoms with van der Waals surface area (Å²) >= 11 is 0. The highest BCUT2D eigenvalue weighted by Crippen LogP contribution is 2.08. The third kappa shape index (κ3) is 5.91. The summed E-state index contributed by atoms with van der Waals surface area (Å²) in [5.41, 5.74) is 2.27. The van der Waals surface area contributed by atoms with Gasteiger partial charge in [0.1, 0.15) is 0 Å². The van der Waals surface area contributed by atoms with E-state index in [0.29, 0.717) is 12.5 Å². The molecule has 1 aromatic heterocycles. The van der Waals surface area contributed by atoms with Crippen LogP contribution in [0.1, 0.15) is 19.4 Å². The minimum Gasteiger partial charge on any atom is -0.469 e. The number of carbonyl (C=O) groups excluding carboxylic acids is 1. The lowest BCUT2D eigenvalue weighted by Crippen LogP contribution is -2.38. The van der Waals surface area contributed by atoms with Crippen LogP contribution in [0.2, 0.25) is 0 Å². The second-order valence-electron chi connectivity index (χ2n) is 5.94. The number of rotatable bonds is 8. The lowest BCUT2D eigenvalue weighted by molar-refractivity contribution is -0.144. The van der Waals surface area contributed by atoms with E-state index in [4.69, 9.17) is 4.74 Å². The van der Waals surface area contributed by atoms with E-state index in [9.17, 15) is 4.79 Å². The van der Waals surface area contributed by atoms with Crippen LogP contribution in [0.25, 0.3) is 5.69 Å². The van der Waals surface area contributed by atoms with Gasteiger partial charge in [-0.2, -0.15) is 5.10 Å². The number of ether oxygens (including phenoxy) is 1. The van der Waals surface area contributed by atoms with Gasteiger partial charge in [0.15, 0.2) is 5.96 Å². The Labute approximate surface area is 154 Å². The van der Waals surface area contributed by atoms with Crippen LogP contribution in [-0.4, -0.2) is 48.5 Å². The Morgan fingerprint density at radius 2 is 2.08 bits per heavy atom. The number of hydrogen-bond donors (Lipinski definition) is 2. The van der Waals surface area contributed by atoms with E-state index in [0.717, 1.165) is 25.2 Å². The van der Waals surface area contributed by atoms with Gasteiger partial charge in [-0.05, 0) is 37.1 Å². The summed E-state index contributed by atoms with van der Waals surface area (Å²) in [6.45, 7) is 5.71. The number of guanidine groups is 1. The molecule has 0 spiro atoms. The maximum Gasteiger partial charge on any atom is 0.310 e. The Kier molecular flexibility index (Phi) is 7.67. The van der Waals surface area contributed by atoms with Crippen molar-refractivity contribution >= 4 is 11.9 Å². The Bertz CT molecular complexity index is 695. The fourth-order valence-corrected chi connectivity index (χ4v) is 2.41. The highest BCUT2D eigenvalue weighted by Gasteiger charge is 2.12. The van der Waals surface area contributed by atoms with Crippen molar-refractivity contribution in [2.24, 2.45) is 10.9 Å². The molecule has 1 aromatic carbocycles. The van der Waals surface area contributed by atoms with E-state index < -0.39 is 0 Å². The third-order valence-electron chi connectivity index (χ3n) is 3.88. The second-order valence-corrected chi connectivity index (χ2v) is 5.94. The zero-order valence-electron chi connectivity index (χ0n) is 15.6. The summed E-state index contributed by atoms with van der Waals surface area (Å²) < 4.78 is 6.56. The molecule has 0 aliphatic heterocycles. The summed E-state index contributed by atoms with van der Waals surface area (Å²) in [5.74, 6) is 0.198. The minimum atomic E-state index is -0.259. The molecule has 0 saturated carbocycles. The SMILES string of the molecule is CCNC(=NCC(C)C(=O)OC)NCCc1ccc(-n2cccn2)cc1. The maximum atomic E-state index is 11.5. The third-order valence-corrected chi connectivity index (χ3v) is 3.88. The van der Waals surface area contributed by atoms with Crippen molar-refractivity contribution in [1.29, 1.82) is 0 Å². The fraction of sp³-hybridized carbons (Fsp3) is 0.421. The molecule has 7 nitrogen and oxygen atoms in total. The molecule has 0 fully saturated rings. The summed E-state index contributed by atoms with van der Waals surface area (Å²) in [6, 6.07) is 10.2. The molecule has 2 N–H and O–H groups in total. The normalized spacial score (nSPS) is 12.5. The van der Waals surface area contributed by atoms with Crippen LogP contribution in [0, 0.1) is 5.92 Å². The number of nitrogens with one attached hydrogen (secondary N) is 2. The molecule has 0 aliphatic rings. The van der Waals surface area contributed by atoms with Crippen molar-refractivity contribution < 1.29 is 9.53 Å². The zero-order valence-corrected chi connectivity index (χ0v) is 15.6. The van der Waals surface area contributed by atoms with Gasteiger partial charge in [0.25, 0.3) is 0 Å². The van der Waals surface area contributed by atoms with Gasteiger partial charge in [-0.15, -0.1) is 0 Å². The van der Waals surface area contributed by atoms with E-state index in [1.165, 1.54) is 12.7 Å². The summed E-state index contributed by atoms with van der Waals surface area (Å²) in [4.78, 5) is 15.9. The summed E-state index contributed by atoms with van der Waals surface area (Å²) in [6.07, 6.45) is 4.56. The lowest BCUT2D eigenvalue weighted by Gasteiger charge is -2.13. The molecule has 2 rings (SSSR count). The molecule has 1 unspecified atom stereocenters. The number of esters is 1. The average Bonchev–Trinajstić information content (AvgIpc) is 3.20. The summed E-state index contributed by atoms with van der Waals surface area (Å²) in [5, 5.41) is 10.7. The number of methoxy groups -OCH3 is 1. The molecule has 2 aromatic rings. The van der Waals surface area contributed by atoms with Gasteiger partial charge in [0.05, 0.1) is 25.3 Å². The predicted octanol–water partition coefficient (Wildman–Crippen LogP) is 1.78. The van der Waals surface area contributed by atoms with Gasteiger partial charge in [-0.3, -0.25) is 9.79 Å².